The van der Waals surface area contributed by atoms with Crippen molar-refractivity contribution in [1.82, 2.24) is 20.6 Å². The Labute approximate surface area is 324 Å². The molecule has 1 aliphatic rings. The maximum Gasteiger partial charge on any atom is 0.313 e. The molecular weight excluding hydrogens is 697 g/mol. The summed E-state index contributed by atoms with van der Waals surface area (Å²) in [6.45, 7) is 9.43. The molecule has 0 bridgehead atoms. The normalized spacial score (nSPS) is 14.5. The van der Waals surface area contributed by atoms with E-state index in [1.54, 1.807) is 0 Å². The zero-order valence-corrected chi connectivity index (χ0v) is 33.4. The number of carbonyl (C=O) groups is 3. The van der Waals surface area contributed by atoms with Crippen LogP contribution in [-0.2, 0) is 26.2 Å². The molecule has 0 saturated heterocycles. The second-order valence-electron chi connectivity index (χ2n) is 15.5. The van der Waals surface area contributed by atoms with Crippen LogP contribution in [0, 0.1) is 5.41 Å². The van der Waals surface area contributed by atoms with Crippen LogP contribution in [0.3, 0.4) is 0 Å². The van der Waals surface area contributed by atoms with Crippen LogP contribution in [0.2, 0.25) is 0 Å². The first-order chi connectivity index (χ1) is 26.0. The highest BCUT2D eigenvalue weighted by Gasteiger charge is 2.41. The van der Waals surface area contributed by atoms with Gasteiger partial charge < -0.3 is 20.1 Å². The fraction of sp³-hybridized carbons (Fsp3) is 0.477. The number of amides is 2. The van der Waals surface area contributed by atoms with Crippen LogP contribution in [0.5, 0.6) is 5.75 Å². The van der Waals surface area contributed by atoms with E-state index in [1.165, 1.54) is 44.1 Å². The molecule has 2 aromatic heterocycles. The van der Waals surface area contributed by atoms with Gasteiger partial charge in [0, 0.05) is 41.4 Å². The molecule has 0 aliphatic heterocycles. The first-order valence-corrected chi connectivity index (χ1v) is 20.2. The molecular formula is C44H56N4O5S. The maximum atomic E-state index is 13.8. The minimum Gasteiger partial charge on any atom is -0.494 e. The van der Waals surface area contributed by atoms with E-state index in [0.29, 0.717) is 23.5 Å². The predicted molar refractivity (Wildman–Crippen MR) is 216 cm³/mol. The van der Waals surface area contributed by atoms with E-state index >= 15 is 0 Å². The monoisotopic (exact) mass is 752 g/mol. The molecule has 2 aromatic carbocycles. The molecule has 1 aliphatic carbocycles. The highest BCUT2D eigenvalue weighted by atomic mass is 32.1. The number of nitrogens with zero attached hydrogens (tertiary/aromatic N) is 2. The molecule has 2 amide bonds. The van der Waals surface area contributed by atoms with Gasteiger partial charge in [0.05, 0.1) is 24.0 Å². The Kier molecular flexibility index (Phi) is 14.4. The van der Waals surface area contributed by atoms with Crippen LogP contribution >= 0.6 is 11.3 Å². The van der Waals surface area contributed by atoms with Crippen molar-refractivity contribution in [2.24, 2.45) is 5.41 Å². The standard InChI is InChI=1S/C44H56N4O5S/c1-6-7-8-9-13-26-53-35-20-18-32(19-21-35)34-28-45-39(46-29-34)33-16-14-31(15-17-33)27-36(48-41(50)37-22-23-38(54-37)43(2,3)4)40(49)47-30-44(42(51)52-5)24-11-10-12-25-44/h14-23,28-29,36H,6-13,24-27,30H2,1-5H3,(H,47,49)(H,48,50)/t36-/m0/s1. The predicted octanol–water partition coefficient (Wildman–Crippen LogP) is 9.10. The van der Waals surface area contributed by atoms with Crippen LogP contribution in [-0.4, -0.2) is 54.1 Å². The number of aromatic nitrogens is 2. The molecule has 1 fully saturated rings. The molecule has 1 saturated carbocycles. The van der Waals surface area contributed by atoms with Crippen molar-refractivity contribution >= 4 is 29.1 Å². The van der Waals surface area contributed by atoms with Crippen molar-refractivity contribution in [2.75, 3.05) is 20.3 Å². The molecule has 0 radical (unpaired) electrons. The summed E-state index contributed by atoms with van der Waals surface area (Å²) in [7, 11) is 1.39. The van der Waals surface area contributed by atoms with E-state index in [-0.39, 0.29) is 36.2 Å². The largest absolute Gasteiger partial charge is 0.494 e. The summed E-state index contributed by atoms with van der Waals surface area (Å²) in [5.41, 5.74) is 2.77. The average Bonchev–Trinajstić information content (AvgIpc) is 3.71. The first-order valence-electron chi connectivity index (χ1n) is 19.4. The number of rotatable bonds is 17. The molecule has 9 nitrogen and oxygen atoms in total. The number of nitrogens with one attached hydrogen (secondary N) is 2. The lowest BCUT2D eigenvalue weighted by Crippen LogP contribution is -2.52. The third kappa shape index (κ3) is 11.0. The average molecular weight is 753 g/mol. The summed E-state index contributed by atoms with van der Waals surface area (Å²) in [5, 5.41) is 6.00. The molecule has 10 heteroatoms. The third-order valence-electron chi connectivity index (χ3n) is 10.2. The molecule has 2 N–H and O–H groups in total. The fourth-order valence-electron chi connectivity index (χ4n) is 6.87. The Balaban J connectivity index is 1.25. The number of ether oxygens (including phenoxy) is 2. The minimum absolute atomic E-state index is 0.0956. The Bertz CT molecular complexity index is 1810. The number of thiophene rings is 1. The third-order valence-corrected chi connectivity index (χ3v) is 11.7. The number of carbonyl (C=O) groups excluding carboxylic acids is 3. The van der Waals surface area contributed by atoms with Crippen LogP contribution in [0.15, 0.2) is 73.1 Å². The Morgan fingerprint density at radius 1 is 0.833 bits per heavy atom. The van der Waals surface area contributed by atoms with Crippen LogP contribution < -0.4 is 15.4 Å². The van der Waals surface area contributed by atoms with Gasteiger partial charge in [-0.1, -0.05) is 109 Å². The molecule has 4 aromatic rings. The summed E-state index contributed by atoms with van der Waals surface area (Å²) in [6.07, 6.45) is 14.1. The summed E-state index contributed by atoms with van der Waals surface area (Å²) < 4.78 is 11.1. The Morgan fingerprint density at radius 3 is 2.13 bits per heavy atom. The lowest BCUT2D eigenvalue weighted by molar-refractivity contribution is -0.154. The minimum atomic E-state index is -0.861. The quantitative estimate of drug-likeness (QED) is 0.0816. The highest BCUT2D eigenvalue weighted by molar-refractivity contribution is 7.14. The van der Waals surface area contributed by atoms with Gasteiger partial charge in [0.2, 0.25) is 5.91 Å². The molecule has 0 unspecified atom stereocenters. The van der Waals surface area contributed by atoms with Crippen LogP contribution in [0.1, 0.15) is 112 Å². The van der Waals surface area contributed by atoms with Crippen molar-refractivity contribution in [2.45, 2.75) is 110 Å². The smallest absolute Gasteiger partial charge is 0.313 e. The summed E-state index contributed by atoms with van der Waals surface area (Å²) >= 11 is 1.43. The molecule has 288 valence electrons. The van der Waals surface area contributed by atoms with E-state index in [1.807, 2.05) is 73.1 Å². The first kappa shape index (κ1) is 40.6. The topological polar surface area (TPSA) is 120 Å². The zero-order chi connectivity index (χ0) is 38.6. The summed E-state index contributed by atoms with van der Waals surface area (Å²) in [4.78, 5) is 51.1. The number of methoxy groups -OCH3 is 1. The molecule has 0 spiro atoms. The highest BCUT2D eigenvalue weighted by Crippen LogP contribution is 2.37. The van der Waals surface area contributed by atoms with E-state index in [4.69, 9.17) is 9.47 Å². The zero-order valence-electron chi connectivity index (χ0n) is 32.5. The Hall–Kier alpha value is -4.57. The molecule has 54 heavy (non-hydrogen) atoms. The lowest BCUT2D eigenvalue weighted by Gasteiger charge is -2.35. The van der Waals surface area contributed by atoms with E-state index < -0.39 is 11.5 Å². The summed E-state index contributed by atoms with van der Waals surface area (Å²) in [6, 6.07) is 18.7. The SMILES string of the molecule is CCCCCCCOc1ccc(-c2cnc(-c3ccc(C[C@H](NC(=O)c4ccc(C(C)(C)C)s4)C(=O)NCC4(C(=O)OC)CCCCC4)cc3)nc2)cc1. The number of unbranched alkanes of at least 4 members (excludes halogenated alkanes) is 4. The van der Waals surface area contributed by atoms with Gasteiger partial charge in [-0.2, -0.15) is 0 Å². The van der Waals surface area contributed by atoms with E-state index in [9.17, 15) is 14.4 Å². The van der Waals surface area contributed by atoms with Crippen LogP contribution in [0.25, 0.3) is 22.5 Å². The molecule has 5 rings (SSSR count). The molecule has 2 heterocycles. The number of hydrogen-bond acceptors (Lipinski definition) is 8. The van der Waals surface area contributed by atoms with Gasteiger partial charge in [-0.05, 0) is 60.1 Å². The number of hydrogen-bond donors (Lipinski definition) is 2. The van der Waals surface area contributed by atoms with Gasteiger partial charge in [0.15, 0.2) is 5.82 Å². The summed E-state index contributed by atoms with van der Waals surface area (Å²) in [5.74, 6) is 0.509. The van der Waals surface area contributed by atoms with Crippen LogP contribution in [0.4, 0.5) is 0 Å². The van der Waals surface area contributed by atoms with Gasteiger partial charge in [0.25, 0.3) is 5.91 Å². The number of benzene rings is 2. The van der Waals surface area contributed by atoms with Crippen molar-refractivity contribution < 1.29 is 23.9 Å². The molecule has 1 atom stereocenters. The van der Waals surface area contributed by atoms with Crippen molar-refractivity contribution in [3.05, 3.63) is 88.4 Å². The van der Waals surface area contributed by atoms with Gasteiger partial charge in [-0.15, -0.1) is 11.3 Å². The second kappa shape index (κ2) is 19.1. The second-order valence-corrected chi connectivity index (χ2v) is 16.6. The Morgan fingerprint density at radius 2 is 1.50 bits per heavy atom. The fourth-order valence-corrected chi connectivity index (χ4v) is 7.84. The number of esters is 1. The van der Waals surface area contributed by atoms with Gasteiger partial charge in [-0.25, -0.2) is 9.97 Å². The van der Waals surface area contributed by atoms with Crippen molar-refractivity contribution in [3.8, 4) is 28.3 Å². The van der Waals surface area contributed by atoms with E-state index in [2.05, 4.69) is 48.3 Å². The van der Waals surface area contributed by atoms with Gasteiger partial charge in [-0.3, -0.25) is 14.4 Å². The van der Waals surface area contributed by atoms with Crippen molar-refractivity contribution in [3.63, 3.8) is 0 Å². The maximum absolute atomic E-state index is 13.8. The van der Waals surface area contributed by atoms with E-state index in [0.717, 1.165) is 65.2 Å². The lowest BCUT2D eigenvalue weighted by atomic mass is 9.74. The van der Waals surface area contributed by atoms with Gasteiger partial charge >= 0.3 is 5.97 Å². The van der Waals surface area contributed by atoms with Gasteiger partial charge in [0.1, 0.15) is 11.8 Å². The van der Waals surface area contributed by atoms with Crippen molar-refractivity contribution in [1.29, 1.82) is 0 Å².